The smallest absolute Gasteiger partial charge is 0.151 e. The average molecular weight is 289 g/mol. The van der Waals surface area contributed by atoms with Gasteiger partial charge in [-0.3, -0.25) is 0 Å². The Balaban J connectivity index is 2.70. The molecular formula is C10H9BrOS2. The Morgan fingerprint density at radius 3 is 3.00 bits per heavy atom. The third-order valence-electron chi connectivity index (χ3n) is 1.89. The van der Waals surface area contributed by atoms with Crippen molar-refractivity contribution in [1.29, 1.82) is 0 Å². The zero-order chi connectivity index (χ0) is 10.1. The average Bonchev–Trinajstić information content (AvgIpc) is 2.47. The molecule has 0 radical (unpaired) electrons. The molecule has 0 aliphatic carbocycles. The van der Waals surface area contributed by atoms with Gasteiger partial charge in [-0.25, -0.2) is 0 Å². The van der Waals surface area contributed by atoms with Gasteiger partial charge in [-0.05, 0) is 35.0 Å². The molecule has 0 bridgehead atoms. The van der Waals surface area contributed by atoms with E-state index in [9.17, 15) is 0 Å². The molecule has 0 N–H and O–H groups in total. The van der Waals surface area contributed by atoms with Gasteiger partial charge in [-0.1, -0.05) is 6.07 Å². The number of ether oxygens (including phenoxy) is 1. The van der Waals surface area contributed by atoms with Crippen LogP contribution in [0.25, 0.3) is 10.1 Å². The van der Waals surface area contributed by atoms with Gasteiger partial charge in [0.15, 0.2) is 5.75 Å². The van der Waals surface area contributed by atoms with Crippen LogP contribution in [0, 0.1) is 0 Å². The van der Waals surface area contributed by atoms with E-state index in [1.807, 2.05) is 19.1 Å². The molecular weight excluding hydrogens is 280 g/mol. The van der Waals surface area contributed by atoms with Crippen LogP contribution in [0.5, 0.6) is 5.75 Å². The van der Waals surface area contributed by atoms with Gasteiger partial charge in [0.25, 0.3) is 0 Å². The van der Waals surface area contributed by atoms with Crippen LogP contribution in [0.2, 0.25) is 0 Å². The van der Waals surface area contributed by atoms with E-state index in [4.69, 9.17) is 4.74 Å². The predicted octanol–water partition coefficient (Wildman–Crippen LogP) is 4.35. The Kier molecular flexibility index (Phi) is 3.04. The first-order chi connectivity index (χ1) is 6.74. The second-order valence-corrected chi connectivity index (χ2v) is 5.41. The zero-order valence-corrected chi connectivity index (χ0v) is 10.9. The van der Waals surface area contributed by atoms with Crippen molar-refractivity contribution in [2.75, 3.05) is 6.61 Å². The monoisotopic (exact) mass is 288 g/mol. The Bertz CT molecular complexity index is 464. The Morgan fingerprint density at radius 2 is 2.29 bits per heavy atom. The third kappa shape index (κ3) is 1.66. The van der Waals surface area contributed by atoms with Crippen LogP contribution < -0.4 is 4.74 Å². The quantitative estimate of drug-likeness (QED) is 0.809. The maximum Gasteiger partial charge on any atom is 0.151 e. The second-order valence-electron chi connectivity index (χ2n) is 2.79. The van der Waals surface area contributed by atoms with E-state index in [1.165, 1.54) is 4.70 Å². The zero-order valence-electron chi connectivity index (χ0n) is 7.58. The van der Waals surface area contributed by atoms with Gasteiger partial charge in [0.1, 0.15) is 4.21 Å². The van der Waals surface area contributed by atoms with Crippen LogP contribution in [-0.4, -0.2) is 6.61 Å². The number of rotatable bonds is 2. The number of fused-ring (bicyclic) bond motifs is 1. The number of hydrogen-bond donors (Lipinski definition) is 1. The van der Waals surface area contributed by atoms with Crippen LogP contribution in [-0.2, 0) is 0 Å². The lowest BCUT2D eigenvalue weighted by atomic mass is 10.2. The lowest BCUT2D eigenvalue weighted by Gasteiger charge is -2.01. The number of benzene rings is 1. The molecule has 2 rings (SSSR count). The molecule has 1 nitrogen and oxygen atoms in total. The standard InChI is InChI=1S/C10H9BrOS2/c1-2-12-8-6-4-3-5-7(11)9(6)14-10(8)13/h3-5,13H,2H2,1H3. The summed E-state index contributed by atoms with van der Waals surface area (Å²) in [6.45, 7) is 2.65. The summed E-state index contributed by atoms with van der Waals surface area (Å²) >= 11 is 9.56. The topological polar surface area (TPSA) is 9.23 Å². The SMILES string of the molecule is CCOc1c(S)sc2c(Br)cccc12. The van der Waals surface area contributed by atoms with E-state index >= 15 is 0 Å². The molecule has 0 fully saturated rings. The van der Waals surface area contributed by atoms with E-state index in [-0.39, 0.29) is 0 Å². The van der Waals surface area contributed by atoms with Gasteiger partial charge in [0, 0.05) is 9.86 Å². The second kappa shape index (κ2) is 4.13. The predicted molar refractivity (Wildman–Crippen MR) is 67.9 cm³/mol. The van der Waals surface area contributed by atoms with Gasteiger partial charge in [-0.15, -0.1) is 24.0 Å². The molecule has 0 aliphatic rings. The normalized spacial score (nSPS) is 10.8. The summed E-state index contributed by atoms with van der Waals surface area (Å²) in [6.07, 6.45) is 0. The summed E-state index contributed by atoms with van der Waals surface area (Å²) in [6, 6.07) is 6.10. The van der Waals surface area contributed by atoms with Gasteiger partial charge >= 0.3 is 0 Å². The first-order valence-electron chi connectivity index (χ1n) is 4.26. The van der Waals surface area contributed by atoms with Gasteiger partial charge < -0.3 is 4.74 Å². The highest BCUT2D eigenvalue weighted by Crippen LogP contribution is 2.43. The van der Waals surface area contributed by atoms with E-state index in [2.05, 4.69) is 34.6 Å². The third-order valence-corrected chi connectivity index (χ3v) is 4.32. The fourth-order valence-corrected chi connectivity index (χ4v) is 3.29. The van der Waals surface area contributed by atoms with Gasteiger partial charge in [0.2, 0.25) is 0 Å². The highest BCUT2D eigenvalue weighted by Gasteiger charge is 2.11. The molecule has 4 heteroatoms. The largest absolute Gasteiger partial charge is 0.491 e. The van der Waals surface area contributed by atoms with Crippen LogP contribution in [0.3, 0.4) is 0 Å². The van der Waals surface area contributed by atoms with E-state index in [0.717, 1.165) is 19.8 Å². The summed E-state index contributed by atoms with van der Waals surface area (Å²) < 4.78 is 8.79. The Morgan fingerprint density at radius 1 is 1.50 bits per heavy atom. The minimum absolute atomic E-state index is 0.673. The summed E-state index contributed by atoms with van der Waals surface area (Å²) in [4.78, 5) is 0. The number of hydrogen-bond acceptors (Lipinski definition) is 3. The highest BCUT2D eigenvalue weighted by atomic mass is 79.9. The fraction of sp³-hybridized carbons (Fsp3) is 0.200. The Labute approximate surface area is 101 Å². The van der Waals surface area contributed by atoms with Crippen molar-refractivity contribution in [3.8, 4) is 5.75 Å². The minimum atomic E-state index is 0.673. The van der Waals surface area contributed by atoms with Crippen LogP contribution in [0.15, 0.2) is 26.9 Å². The highest BCUT2D eigenvalue weighted by molar-refractivity contribution is 9.10. The first-order valence-corrected chi connectivity index (χ1v) is 6.32. The van der Waals surface area contributed by atoms with E-state index < -0.39 is 0 Å². The van der Waals surface area contributed by atoms with Crippen molar-refractivity contribution in [2.24, 2.45) is 0 Å². The lowest BCUT2D eigenvalue weighted by molar-refractivity contribution is 0.339. The molecule has 74 valence electrons. The van der Waals surface area contributed by atoms with Crippen molar-refractivity contribution in [3.05, 3.63) is 22.7 Å². The number of halogens is 1. The van der Waals surface area contributed by atoms with Crippen LogP contribution in [0.1, 0.15) is 6.92 Å². The summed E-state index contributed by atoms with van der Waals surface area (Å²) in [7, 11) is 0. The Hall–Kier alpha value is -0.190. The van der Waals surface area contributed by atoms with Crippen molar-refractivity contribution in [1.82, 2.24) is 0 Å². The van der Waals surface area contributed by atoms with Crippen LogP contribution >= 0.6 is 39.9 Å². The summed E-state index contributed by atoms with van der Waals surface area (Å²) in [5.41, 5.74) is 0. The molecule has 2 aromatic rings. The molecule has 0 unspecified atom stereocenters. The summed E-state index contributed by atoms with van der Waals surface area (Å²) in [5.74, 6) is 0.900. The maximum absolute atomic E-state index is 5.56. The molecule has 1 aromatic heterocycles. The van der Waals surface area contributed by atoms with Crippen molar-refractivity contribution < 1.29 is 4.74 Å². The minimum Gasteiger partial charge on any atom is -0.491 e. The summed E-state index contributed by atoms with van der Waals surface area (Å²) in [5, 5.41) is 1.14. The number of thiophene rings is 1. The van der Waals surface area contributed by atoms with Crippen molar-refractivity contribution >= 4 is 50.0 Å². The molecule has 1 aromatic carbocycles. The maximum atomic E-state index is 5.56. The van der Waals surface area contributed by atoms with Gasteiger partial charge in [-0.2, -0.15) is 0 Å². The van der Waals surface area contributed by atoms with E-state index in [0.29, 0.717) is 6.61 Å². The molecule has 1 heterocycles. The molecule has 0 atom stereocenters. The van der Waals surface area contributed by atoms with Crippen molar-refractivity contribution in [2.45, 2.75) is 11.1 Å². The van der Waals surface area contributed by atoms with Gasteiger partial charge in [0.05, 0.1) is 11.3 Å². The molecule has 14 heavy (non-hydrogen) atoms. The molecule has 0 amide bonds. The van der Waals surface area contributed by atoms with E-state index in [1.54, 1.807) is 11.3 Å². The molecule has 0 spiro atoms. The fourth-order valence-electron chi connectivity index (χ4n) is 1.33. The molecule has 0 saturated heterocycles. The molecule has 0 saturated carbocycles. The molecule has 0 aliphatic heterocycles. The first kappa shape index (κ1) is 10.3. The van der Waals surface area contributed by atoms with Crippen molar-refractivity contribution in [3.63, 3.8) is 0 Å². The van der Waals surface area contributed by atoms with Crippen LogP contribution in [0.4, 0.5) is 0 Å². The lowest BCUT2D eigenvalue weighted by Crippen LogP contribution is -1.90. The number of thiol groups is 1.